The van der Waals surface area contributed by atoms with Crippen molar-refractivity contribution in [2.45, 2.75) is 33.6 Å². The fraction of sp³-hybridized carbons (Fsp3) is 0.375. The minimum absolute atomic E-state index is 0.378. The van der Waals surface area contributed by atoms with E-state index in [0.29, 0.717) is 17.6 Å². The van der Waals surface area contributed by atoms with Crippen LogP contribution < -0.4 is 10.1 Å². The zero-order chi connectivity index (χ0) is 20.7. The molecule has 1 atom stereocenters. The second kappa shape index (κ2) is 10.1. The lowest BCUT2D eigenvalue weighted by Gasteiger charge is -2.20. The number of amides is 1. The van der Waals surface area contributed by atoms with Crippen molar-refractivity contribution in [2.24, 2.45) is 5.92 Å². The zero-order valence-corrected chi connectivity index (χ0v) is 17.8. The highest BCUT2D eigenvalue weighted by molar-refractivity contribution is 5.86. The number of carbonyl (C=O) groups is 1. The molecule has 150 valence electrons. The van der Waals surface area contributed by atoms with Crippen molar-refractivity contribution in [3.05, 3.63) is 65.7 Å². The molecule has 4 nitrogen and oxygen atoms in total. The van der Waals surface area contributed by atoms with Gasteiger partial charge in [0.05, 0.1) is 0 Å². The minimum Gasteiger partial charge on any atom is -0.410 e. The zero-order valence-electron chi connectivity index (χ0n) is 17.8. The van der Waals surface area contributed by atoms with Crippen molar-refractivity contribution in [1.82, 2.24) is 4.90 Å². The van der Waals surface area contributed by atoms with Crippen LogP contribution in [-0.2, 0) is 0 Å². The quantitative estimate of drug-likeness (QED) is 0.638. The number of nitrogens with zero attached hydrogens (tertiary/aromatic N) is 1. The number of hydrogen-bond donors (Lipinski definition) is 1. The summed E-state index contributed by atoms with van der Waals surface area (Å²) in [5.41, 5.74) is 4.27. The van der Waals surface area contributed by atoms with Crippen LogP contribution in [0.25, 0.3) is 5.57 Å². The fourth-order valence-electron chi connectivity index (χ4n) is 3.32. The number of allylic oxidation sites excluding steroid dienone is 1. The number of anilines is 1. The first-order valence-electron chi connectivity index (χ1n) is 9.80. The van der Waals surface area contributed by atoms with Crippen molar-refractivity contribution in [2.75, 3.05) is 26.0 Å². The van der Waals surface area contributed by atoms with Crippen LogP contribution in [0.3, 0.4) is 0 Å². The van der Waals surface area contributed by atoms with Crippen molar-refractivity contribution in [1.29, 1.82) is 0 Å². The summed E-state index contributed by atoms with van der Waals surface area (Å²) in [6.07, 6.45) is 1.64. The molecule has 2 aromatic rings. The van der Waals surface area contributed by atoms with E-state index in [1.165, 1.54) is 11.1 Å². The second-order valence-electron chi connectivity index (χ2n) is 7.73. The Morgan fingerprint density at radius 3 is 2.36 bits per heavy atom. The maximum atomic E-state index is 12.3. The molecule has 1 N–H and O–H groups in total. The third-order valence-corrected chi connectivity index (χ3v) is 4.68. The third kappa shape index (κ3) is 6.24. The van der Waals surface area contributed by atoms with E-state index in [-0.39, 0.29) is 0 Å². The Morgan fingerprint density at radius 1 is 1.11 bits per heavy atom. The lowest BCUT2D eigenvalue weighted by molar-refractivity contribution is 0.215. The van der Waals surface area contributed by atoms with Crippen LogP contribution in [0.5, 0.6) is 5.75 Å². The van der Waals surface area contributed by atoms with Gasteiger partial charge < -0.3 is 9.64 Å². The number of benzene rings is 2. The van der Waals surface area contributed by atoms with Gasteiger partial charge in [-0.15, -0.1) is 0 Å². The highest BCUT2D eigenvalue weighted by Gasteiger charge is 2.13. The van der Waals surface area contributed by atoms with Crippen LogP contribution in [0, 0.1) is 5.92 Å². The SMILES string of the molecule is CC=C(c1cccc(OC(=O)Nc2ccc(C(C)C)cc2)c1)[C@@H](C)CN(C)C. The van der Waals surface area contributed by atoms with E-state index in [4.69, 9.17) is 4.74 Å². The van der Waals surface area contributed by atoms with Crippen molar-refractivity contribution < 1.29 is 9.53 Å². The Kier molecular flexibility index (Phi) is 7.82. The monoisotopic (exact) mass is 380 g/mol. The number of rotatable bonds is 7. The third-order valence-electron chi connectivity index (χ3n) is 4.68. The smallest absolute Gasteiger partial charge is 0.410 e. The summed E-state index contributed by atoms with van der Waals surface area (Å²) < 4.78 is 5.50. The molecule has 0 heterocycles. The predicted octanol–water partition coefficient (Wildman–Crippen LogP) is 6.02. The van der Waals surface area contributed by atoms with Gasteiger partial charge in [0.1, 0.15) is 5.75 Å². The van der Waals surface area contributed by atoms with Gasteiger partial charge in [-0.25, -0.2) is 4.79 Å². The first kappa shape index (κ1) is 21.7. The van der Waals surface area contributed by atoms with E-state index in [9.17, 15) is 4.79 Å². The average Bonchev–Trinajstić information content (AvgIpc) is 2.62. The molecule has 0 saturated carbocycles. The maximum absolute atomic E-state index is 12.3. The first-order valence-corrected chi connectivity index (χ1v) is 9.80. The normalized spacial score (nSPS) is 12.9. The van der Waals surface area contributed by atoms with E-state index in [0.717, 1.165) is 17.8 Å². The number of ether oxygens (including phenoxy) is 1. The molecule has 2 rings (SSSR count). The molecule has 0 bridgehead atoms. The number of carbonyl (C=O) groups excluding carboxylic acids is 1. The average molecular weight is 381 g/mol. The lowest BCUT2D eigenvalue weighted by Crippen LogP contribution is -2.20. The Hall–Kier alpha value is -2.59. The van der Waals surface area contributed by atoms with Gasteiger partial charge in [-0.05, 0) is 73.8 Å². The topological polar surface area (TPSA) is 41.6 Å². The van der Waals surface area contributed by atoms with Crippen molar-refractivity contribution in [3.63, 3.8) is 0 Å². The van der Waals surface area contributed by atoms with Crippen molar-refractivity contribution in [3.8, 4) is 5.75 Å². The lowest BCUT2D eigenvalue weighted by atomic mass is 9.93. The Morgan fingerprint density at radius 2 is 1.79 bits per heavy atom. The summed E-state index contributed by atoms with van der Waals surface area (Å²) in [4.78, 5) is 14.4. The van der Waals surface area contributed by atoms with E-state index < -0.39 is 6.09 Å². The molecule has 2 aromatic carbocycles. The summed E-state index contributed by atoms with van der Waals surface area (Å²) in [6.45, 7) is 9.49. The van der Waals surface area contributed by atoms with Gasteiger partial charge in [-0.3, -0.25) is 5.32 Å². The van der Waals surface area contributed by atoms with Gasteiger partial charge in [-0.1, -0.05) is 51.1 Å². The molecule has 0 spiro atoms. The van der Waals surface area contributed by atoms with Gasteiger partial charge in [0.15, 0.2) is 0 Å². The standard InChI is InChI=1S/C24H32N2O2/c1-7-23(18(4)16-26(5)6)20-9-8-10-22(15-20)28-24(27)25-21-13-11-19(12-14-21)17(2)3/h7-15,17-18H,16H2,1-6H3,(H,25,27)/t18-/m0/s1. The predicted molar refractivity (Wildman–Crippen MR) is 118 cm³/mol. The summed E-state index contributed by atoms with van der Waals surface area (Å²) in [5.74, 6) is 1.37. The van der Waals surface area contributed by atoms with Crippen LogP contribution in [0.15, 0.2) is 54.6 Å². The Labute approximate surface area is 169 Å². The van der Waals surface area contributed by atoms with Crippen LogP contribution in [0.4, 0.5) is 10.5 Å². The highest BCUT2D eigenvalue weighted by atomic mass is 16.6. The maximum Gasteiger partial charge on any atom is 0.417 e. The molecule has 0 aliphatic heterocycles. The molecule has 0 aliphatic rings. The molecular formula is C24H32N2O2. The molecule has 0 radical (unpaired) electrons. The summed E-state index contributed by atoms with van der Waals surface area (Å²) in [6, 6.07) is 15.5. The summed E-state index contributed by atoms with van der Waals surface area (Å²) >= 11 is 0. The molecule has 0 aliphatic carbocycles. The van der Waals surface area contributed by atoms with E-state index in [1.54, 1.807) is 6.07 Å². The highest BCUT2D eigenvalue weighted by Crippen LogP contribution is 2.27. The van der Waals surface area contributed by atoms with Gasteiger partial charge in [0.2, 0.25) is 0 Å². The van der Waals surface area contributed by atoms with E-state index in [2.05, 4.69) is 57.2 Å². The van der Waals surface area contributed by atoms with Crippen LogP contribution in [0.2, 0.25) is 0 Å². The number of nitrogens with one attached hydrogen (secondary N) is 1. The Bertz CT molecular complexity index is 808. The molecule has 28 heavy (non-hydrogen) atoms. The second-order valence-corrected chi connectivity index (χ2v) is 7.73. The molecule has 0 saturated heterocycles. The van der Waals surface area contributed by atoms with Crippen molar-refractivity contribution >= 4 is 17.4 Å². The summed E-state index contributed by atoms with van der Waals surface area (Å²) in [7, 11) is 4.14. The molecule has 4 heteroatoms. The molecule has 1 amide bonds. The van der Waals surface area contributed by atoms with Gasteiger partial charge >= 0.3 is 6.09 Å². The van der Waals surface area contributed by atoms with E-state index in [1.807, 2.05) is 43.3 Å². The van der Waals surface area contributed by atoms with Gasteiger partial charge in [0.25, 0.3) is 0 Å². The minimum atomic E-state index is -0.488. The number of hydrogen-bond acceptors (Lipinski definition) is 3. The van der Waals surface area contributed by atoms with Crippen LogP contribution >= 0.6 is 0 Å². The van der Waals surface area contributed by atoms with Gasteiger partial charge in [-0.2, -0.15) is 0 Å². The fourth-order valence-corrected chi connectivity index (χ4v) is 3.32. The molecule has 0 fully saturated rings. The van der Waals surface area contributed by atoms with Gasteiger partial charge in [0, 0.05) is 12.2 Å². The molecule has 0 unspecified atom stereocenters. The first-order chi connectivity index (χ1) is 13.3. The Balaban J connectivity index is 2.06. The van der Waals surface area contributed by atoms with Crippen LogP contribution in [-0.4, -0.2) is 31.6 Å². The largest absolute Gasteiger partial charge is 0.417 e. The van der Waals surface area contributed by atoms with Crippen LogP contribution in [0.1, 0.15) is 44.7 Å². The van der Waals surface area contributed by atoms with E-state index >= 15 is 0 Å². The molecular weight excluding hydrogens is 348 g/mol. The molecule has 0 aromatic heterocycles. The summed E-state index contributed by atoms with van der Waals surface area (Å²) in [5, 5.41) is 2.79.